The minimum absolute atomic E-state index is 0.130. The van der Waals surface area contributed by atoms with Gasteiger partial charge in [0.05, 0.1) is 5.69 Å². The second kappa shape index (κ2) is 5.32. The molecule has 20 heavy (non-hydrogen) atoms. The average molecular weight is 294 g/mol. The van der Waals surface area contributed by atoms with Crippen molar-refractivity contribution < 1.29 is 8.42 Å². The van der Waals surface area contributed by atoms with Gasteiger partial charge in [-0.15, -0.1) is 0 Å². The molecule has 0 atom stereocenters. The van der Waals surface area contributed by atoms with Gasteiger partial charge in [0.2, 0.25) is 0 Å². The first-order chi connectivity index (χ1) is 9.28. The molecule has 0 aliphatic carbocycles. The maximum absolute atomic E-state index is 11.6. The molecule has 6 nitrogen and oxygen atoms in total. The smallest absolute Gasteiger partial charge is 0.154 e. The Morgan fingerprint density at radius 1 is 1.35 bits per heavy atom. The van der Waals surface area contributed by atoms with Crippen LogP contribution in [0.5, 0.6) is 0 Å². The Bertz CT molecular complexity index is 720. The van der Waals surface area contributed by atoms with Crippen LogP contribution < -0.4 is 0 Å². The van der Waals surface area contributed by atoms with Crippen molar-refractivity contribution in [1.82, 2.24) is 19.7 Å². The molecule has 0 N–H and O–H groups in total. The molecule has 0 fully saturated rings. The van der Waals surface area contributed by atoms with Gasteiger partial charge in [0.15, 0.2) is 15.7 Å². The zero-order chi connectivity index (χ0) is 14.9. The molecule has 2 aromatic heterocycles. The molecule has 0 aliphatic rings. The van der Waals surface area contributed by atoms with E-state index in [0.717, 1.165) is 11.3 Å². The number of aromatic nitrogens is 4. The summed E-state index contributed by atoms with van der Waals surface area (Å²) in [6, 6.07) is 1.81. The van der Waals surface area contributed by atoms with Gasteiger partial charge in [0.25, 0.3) is 0 Å². The summed E-state index contributed by atoms with van der Waals surface area (Å²) < 4.78 is 24.7. The van der Waals surface area contributed by atoms with Crippen molar-refractivity contribution in [1.29, 1.82) is 0 Å². The van der Waals surface area contributed by atoms with E-state index in [0.29, 0.717) is 11.6 Å². The first-order valence-electron chi connectivity index (χ1n) is 6.32. The predicted molar refractivity (Wildman–Crippen MR) is 76.5 cm³/mol. The van der Waals surface area contributed by atoms with Crippen molar-refractivity contribution in [2.24, 2.45) is 0 Å². The van der Waals surface area contributed by atoms with Crippen LogP contribution in [0.25, 0.3) is 5.69 Å². The van der Waals surface area contributed by atoms with Crippen LogP contribution in [0.4, 0.5) is 0 Å². The Kier molecular flexibility index (Phi) is 3.89. The highest BCUT2D eigenvalue weighted by Crippen LogP contribution is 2.18. The van der Waals surface area contributed by atoms with E-state index in [2.05, 4.69) is 15.1 Å². The molecule has 0 saturated carbocycles. The minimum atomic E-state index is -3.17. The van der Waals surface area contributed by atoms with Crippen molar-refractivity contribution in [3.63, 3.8) is 0 Å². The number of hydrogen-bond donors (Lipinski definition) is 0. The van der Waals surface area contributed by atoms with E-state index in [1.807, 2.05) is 20.8 Å². The number of aryl methyl sites for hydroxylation is 1. The van der Waals surface area contributed by atoms with Crippen LogP contribution in [0, 0.1) is 6.92 Å². The summed E-state index contributed by atoms with van der Waals surface area (Å²) in [7, 11) is -3.17. The molecule has 0 aliphatic heterocycles. The average Bonchev–Trinajstić information content (AvgIpc) is 2.71. The molecule has 2 heterocycles. The van der Waals surface area contributed by atoms with Gasteiger partial charge in [-0.2, -0.15) is 5.10 Å². The summed E-state index contributed by atoms with van der Waals surface area (Å²) in [6.45, 7) is 5.86. The Balaban J connectivity index is 2.59. The quantitative estimate of drug-likeness (QED) is 0.856. The van der Waals surface area contributed by atoms with Crippen molar-refractivity contribution in [3.05, 3.63) is 35.7 Å². The largest absolute Gasteiger partial charge is 0.264 e. The summed E-state index contributed by atoms with van der Waals surface area (Å²) in [6.07, 6.45) is 4.57. The van der Waals surface area contributed by atoms with Crippen LogP contribution in [0.1, 0.15) is 37.0 Å². The monoisotopic (exact) mass is 294 g/mol. The van der Waals surface area contributed by atoms with E-state index < -0.39 is 9.84 Å². The molecule has 2 aromatic rings. The first kappa shape index (κ1) is 14.6. The second-order valence-corrected chi connectivity index (χ2v) is 7.33. The Labute approximate surface area is 118 Å². The van der Waals surface area contributed by atoms with E-state index in [4.69, 9.17) is 0 Å². The third-order valence-electron chi connectivity index (χ3n) is 2.82. The van der Waals surface area contributed by atoms with Gasteiger partial charge < -0.3 is 0 Å². The zero-order valence-corrected chi connectivity index (χ0v) is 12.8. The maximum Gasteiger partial charge on any atom is 0.154 e. The van der Waals surface area contributed by atoms with Gasteiger partial charge in [-0.25, -0.2) is 18.1 Å². The highest BCUT2D eigenvalue weighted by molar-refractivity contribution is 7.89. The lowest BCUT2D eigenvalue weighted by molar-refractivity contribution is 0.598. The van der Waals surface area contributed by atoms with Gasteiger partial charge in [0, 0.05) is 24.6 Å². The normalized spacial score (nSPS) is 12.1. The predicted octanol–water partition coefficient (Wildman–Crippen LogP) is 1.64. The van der Waals surface area contributed by atoms with Crippen LogP contribution in [-0.2, 0) is 15.6 Å². The molecule has 7 heteroatoms. The molecule has 0 unspecified atom stereocenters. The fourth-order valence-electron chi connectivity index (χ4n) is 1.83. The number of nitrogens with zero attached hydrogens (tertiary/aromatic N) is 4. The van der Waals surface area contributed by atoms with Crippen molar-refractivity contribution >= 4 is 9.84 Å². The van der Waals surface area contributed by atoms with Crippen LogP contribution in [0.3, 0.4) is 0 Å². The van der Waals surface area contributed by atoms with Gasteiger partial charge in [0.1, 0.15) is 11.6 Å². The maximum atomic E-state index is 11.6. The van der Waals surface area contributed by atoms with Crippen molar-refractivity contribution in [3.8, 4) is 5.69 Å². The molecule has 0 aromatic carbocycles. The lowest BCUT2D eigenvalue weighted by Crippen LogP contribution is -2.10. The summed E-state index contributed by atoms with van der Waals surface area (Å²) in [5, 5.41) is 4.44. The highest BCUT2D eigenvalue weighted by Gasteiger charge is 2.18. The zero-order valence-electron chi connectivity index (χ0n) is 12.0. The van der Waals surface area contributed by atoms with E-state index in [-0.39, 0.29) is 11.7 Å². The number of sulfone groups is 1. The molecule has 2 rings (SSSR count). The van der Waals surface area contributed by atoms with E-state index in [1.165, 1.54) is 6.26 Å². The van der Waals surface area contributed by atoms with Gasteiger partial charge in [-0.05, 0) is 18.6 Å². The second-order valence-electron chi connectivity index (χ2n) is 5.18. The minimum Gasteiger partial charge on any atom is -0.264 e. The van der Waals surface area contributed by atoms with Crippen LogP contribution in [0.15, 0.2) is 18.5 Å². The molecule has 0 radical (unpaired) electrons. The first-order valence-corrected chi connectivity index (χ1v) is 8.38. The molecule has 0 amide bonds. The van der Waals surface area contributed by atoms with Crippen LogP contribution >= 0.6 is 0 Å². The van der Waals surface area contributed by atoms with Crippen LogP contribution in [0.2, 0.25) is 0 Å². The topological polar surface area (TPSA) is 77.7 Å². The van der Waals surface area contributed by atoms with Gasteiger partial charge in [-0.1, -0.05) is 13.8 Å². The standard InChI is InChI=1S/C13H18N4O2S/c1-9(2)13-15-12(8-20(4,18)19)17(16-13)11-5-6-14-7-10(11)3/h5-7,9H,8H2,1-4H3. The Morgan fingerprint density at radius 3 is 2.60 bits per heavy atom. The SMILES string of the molecule is Cc1cnccc1-n1nc(C(C)C)nc1CS(C)(=O)=O. The molecule has 0 spiro atoms. The fraction of sp³-hybridized carbons (Fsp3) is 0.462. The summed E-state index contributed by atoms with van der Waals surface area (Å²) >= 11 is 0. The fourth-order valence-corrected chi connectivity index (χ4v) is 2.49. The number of pyridine rings is 1. The van der Waals surface area contributed by atoms with Gasteiger partial charge in [-0.3, -0.25) is 4.98 Å². The molecular formula is C13H18N4O2S. The number of rotatable bonds is 4. The van der Waals surface area contributed by atoms with Gasteiger partial charge >= 0.3 is 0 Å². The Morgan fingerprint density at radius 2 is 2.05 bits per heavy atom. The summed E-state index contributed by atoms with van der Waals surface area (Å²) in [5.74, 6) is 1.08. The summed E-state index contributed by atoms with van der Waals surface area (Å²) in [5.41, 5.74) is 1.72. The van der Waals surface area contributed by atoms with Crippen molar-refractivity contribution in [2.45, 2.75) is 32.4 Å². The third-order valence-corrected chi connectivity index (χ3v) is 3.60. The van der Waals surface area contributed by atoms with E-state index >= 15 is 0 Å². The molecular weight excluding hydrogens is 276 g/mol. The van der Waals surface area contributed by atoms with Crippen molar-refractivity contribution in [2.75, 3.05) is 6.26 Å². The lowest BCUT2D eigenvalue weighted by Gasteiger charge is -2.07. The van der Waals surface area contributed by atoms with E-state index in [1.54, 1.807) is 23.1 Å². The highest BCUT2D eigenvalue weighted by atomic mass is 32.2. The molecule has 0 saturated heterocycles. The number of hydrogen-bond acceptors (Lipinski definition) is 5. The molecule has 108 valence electrons. The van der Waals surface area contributed by atoms with E-state index in [9.17, 15) is 8.42 Å². The molecule has 0 bridgehead atoms. The summed E-state index contributed by atoms with van der Waals surface area (Å²) in [4.78, 5) is 8.40. The van der Waals surface area contributed by atoms with Crippen LogP contribution in [-0.4, -0.2) is 34.4 Å². The lowest BCUT2D eigenvalue weighted by atomic mass is 10.2. The third kappa shape index (κ3) is 3.22. The Hall–Kier alpha value is -1.76.